The Morgan fingerprint density at radius 3 is 1.60 bits per heavy atom. The van der Waals surface area contributed by atoms with Crippen molar-refractivity contribution in [3.05, 3.63) is 48.6 Å². The van der Waals surface area contributed by atoms with E-state index in [0.717, 1.165) is 57.8 Å². The van der Waals surface area contributed by atoms with E-state index in [9.17, 15) is 14.2 Å². The Balaban J connectivity index is 4.05. The maximum Gasteiger partial charge on any atom is 0.469 e. The second-order valence-electron chi connectivity index (χ2n) is 11.6. The van der Waals surface area contributed by atoms with E-state index in [4.69, 9.17) is 19.3 Å². The summed E-state index contributed by atoms with van der Waals surface area (Å²) in [5.74, 6) is -0.915. The van der Waals surface area contributed by atoms with Crippen molar-refractivity contribution in [2.45, 2.75) is 155 Å². The molecule has 0 rings (SSSR count). The van der Waals surface area contributed by atoms with Gasteiger partial charge in [-0.15, -0.1) is 0 Å². The summed E-state index contributed by atoms with van der Waals surface area (Å²) < 4.78 is 26.2. The van der Waals surface area contributed by atoms with Gasteiger partial charge in [0.1, 0.15) is 6.61 Å². The average molecular weight is 655 g/mol. The second-order valence-corrected chi connectivity index (χ2v) is 12.8. The fourth-order valence-electron chi connectivity index (χ4n) is 4.62. The molecule has 0 unspecified atom stereocenters. The van der Waals surface area contributed by atoms with E-state index >= 15 is 0 Å². The molecule has 0 aliphatic heterocycles. The SMILES string of the molecule is CC/C=C/C=C/C=C/C=C/CCCCCCCC(=O)OC[C@H](COP(=O)(O)O)OC(=O)CCCCCCCCCCCCCC. The van der Waals surface area contributed by atoms with Gasteiger partial charge in [0, 0.05) is 12.8 Å². The van der Waals surface area contributed by atoms with Gasteiger partial charge in [-0.2, -0.15) is 0 Å². The van der Waals surface area contributed by atoms with Crippen molar-refractivity contribution in [3.63, 3.8) is 0 Å². The quantitative estimate of drug-likeness (QED) is 0.0328. The molecule has 0 aromatic carbocycles. The smallest absolute Gasteiger partial charge is 0.462 e. The summed E-state index contributed by atoms with van der Waals surface area (Å²) in [6.07, 6.45) is 36.9. The van der Waals surface area contributed by atoms with Gasteiger partial charge in [-0.25, -0.2) is 4.57 Å². The van der Waals surface area contributed by atoms with Crippen LogP contribution < -0.4 is 0 Å². The lowest BCUT2D eigenvalue weighted by atomic mass is 10.0. The number of hydrogen-bond acceptors (Lipinski definition) is 6. The molecular weight excluding hydrogens is 591 g/mol. The molecule has 0 spiro atoms. The van der Waals surface area contributed by atoms with Gasteiger partial charge in [0.2, 0.25) is 0 Å². The van der Waals surface area contributed by atoms with E-state index in [-0.39, 0.29) is 19.4 Å². The highest BCUT2D eigenvalue weighted by Gasteiger charge is 2.22. The molecule has 2 N–H and O–H groups in total. The fraction of sp³-hybridized carbons (Fsp3) is 0.722. The molecule has 0 heterocycles. The Hall–Kier alpha value is -1.99. The van der Waals surface area contributed by atoms with E-state index in [1.54, 1.807) is 0 Å². The van der Waals surface area contributed by atoms with Crippen LogP contribution in [0.1, 0.15) is 149 Å². The fourth-order valence-corrected chi connectivity index (χ4v) is 4.98. The number of allylic oxidation sites excluding steroid dienone is 8. The van der Waals surface area contributed by atoms with Gasteiger partial charge in [0.05, 0.1) is 6.61 Å². The minimum Gasteiger partial charge on any atom is -0.462 e. The number of rotatable bonds is 31. The normalized spacial score (nSPS) is 13.1. The van der Waals surface area contributed by atoms with Gasteiger partial charge < -0.3 is 19.3 Å². The zero-order valence-electron chi connectivity index (χ0n) is 28.3. The predicted molar refractivity (Wildman–Crippen MR) is 184 cm³/mol. The first-order valence-corrected chi connectivity index (χ1v) is 19.0. The summed E-state index contributed by atoms with van der Waals surface area (Å²) in [7, 11) is -4.75. The number of hydrogen-bond donors (Lipinski definition) is 2. The van der Waals surface area contributed by atoms with Crippen molar-refractivity contribution >= 4 is 19.8 Å². The van der Waals surface area contributed by atoms with Crippen LogP contribution in [0.4, 0.5) is 0 Å². The topological polar surface area (TPSA) is 119 Å². The van der Waals surface area contributed by atoms with E-state index in [0.29, 0.717) is 12.8 Å². The van der Waals surface area contributed by atoms with Gasteiger partial charge >= 0.3 is 19.8 Å². The van der Waals surface area contributed by atoms with Crippen LogP contribution in [-0.4, -0.2) is 41.0 Å². The molecule has 260 valence electrons. The summed E-state index contributed by atoms with van der Waals surface area (Å²) >= 11 is 0. The molecule has 0 aliphatic carbocycles. The maximum absolute atomic E-state index is 12.3. The molecule has 0 amide bonds. The minimum atomic E-state index is -4.75. The molecule has 9 heteroatoms. The van der Waals surface area contributed by atoms with E-state index in [1.807, 2.05) is 30.4 Å². The Bertz CT molecular complexity index is 874. The van der Waals surface area contributed by atoms with Crippen molar-refractivity contribution in [3.8, 4) is 0 Å². The summed E-state index contributed by atoms with van der Waals surface area (Å²) in [5.41, 5.74) is 0. The highest BCUT2D eigenvalue weighted by Crippen LogP contribution is 2.36. The summed E-state index contributed by atoms with van der Waals surface area (Å²) in [6.45, 7) is 3.50. The summed E-state index contributed by atoms with van der Waals surface area (Å²) in [5, 5.41) is 0. The molecule has 0 aromatic heterocycles. The van der Waals surface area contributed by atoms with Crippen LogP contribution in [0.2, 0.25) is 0 Å². The Morgan fingerprint density at radius 2 is 1.07 bits per heavy atom. The molecule has 0 saturated heterocycles. The van der Waals surface area contributed by atoms with Crippen LogP contribution in [0.25, 0.3) is 0 Å². The number of phosphoric acid groups is 1. The number of phosphoric ester groups is 1. The van der Waals surface area contributed by atoms with Crippen LogP contribution >= 0.6 is 7.82 Å². The highest BCUT2D eigenvalue weighted by molar-refractivity contribution is 7.46. The van der Waals surface area contributed by atoms with Crippen molar-refractivity contribution in [1.82, 2.24) is 0 Å². The van der Waals surface area contributed by atoms with Gasteiger partial charge in [-0.1, -0.05) is 152 Å². The molecular formula is C36H63O8P. The first-order chi connectivity index (χ1) is 21.8. The molecule has 45 heavy (non-hydrogen) atoms. The molecule has 0 saturated carbocycles. The van der Waals surface area contributed by atoms with Gasteiger partial charge in [0.25, 0.3) is 0 Å². The zero-order chi connectivity index (χ0) is 33.3. The number of carbonyl (C=O) groups is 2. The number of ether oxygens (including phenoxy) is 2. The van der Waals surface area contributed by atoms with Gasteiger partial charge in [0.15, 0.2) is 6.10 Å². The predicted octanol–water partition coefficient (Wildman–Crippen LogP) is 10.0. The molecule has 1 atom stereocenters. The lowest BCUT2D eigenvalue weighted by Crippen LogP contribution is -2.29. The first-order valence-electron chi connectivity index (χ1n) is 17.5. The standard InChI is InChI=1S/C36H63O8P/c1-3-5-7-9-11-13-15-17-18-19-21-22-24-26-28-30-35(37)42-32-34(33-43-45(39,40)41)44-36(38)31-29-27-25-23-20-16-14-12-10-8-6-4-2/h5,7,9,11,13,15,17-18,34H,3-4,6,8,10,12,14,16,19-33H2,1-2H3,(H2,39,40,41)/b7-5+,11-9+,15-13+,18-17+/t34-/m1/s1. The third-order valence-corrected chi connectivity index (χ3v) is 7.69. The third kappa shape index (κ3) is 34.7. The Labute approximate surface area is 274 Å². The molecule has 0 aliphatic rings. The molecule has 0 bridgehead atoms. The average Bonchev–Trinajstić information content (AvgIpc) is 3.00. The Morgan fingerprint density at radius 1 is 0.600 bits per heavy atom. The molecule has 0 fully saturated rings. The van der Waals surface area contributed by atoms with E-state index in [1.165, 1.54) is 51.4 Å². The largest absolute Gasteiger partial charge is 0.469 e. The van der Waals surface area contributed by atoms with Crippen LogP contribution in [0.15, 0.2) is 48.6 Å². The molecule has 0 radical (unpaired) electrons. The molecule has 0 aromatic rings. The monoisotopic (exact) mass is 654 g/mol. The summed E-state index contributed by atoms with van der Waals surface area (Å²) in [4.78, 5) is 42.6. The van der Waals surface area contributed by atoms with E-state index in [2.05, 4.69) is 36.6 Å². The number of carbonyl (C=O) groups excluding carboxylic acids is 2. The lowest BCUT2D eigenvalue weighted by Gasteiger charge is -2.18. The minimum absolute atomic E-state index is 0.207. The van der Waals surface area contributed by atoms with Crippen LogP contribution in [0.5, 0.6) is 0 Å². The molecule has 8 nitrogen and oxygen atoms in total. The lowest BCUT2D eigenvalue weighted by molar-refractivity contribution is -0.161. The first kappa shape index (κ1) is 43.0. The zero-order valence-corrected chi connectivity index (χ0v) is 29.1. The number of esters is 2. The second kappa shape index (κ2) is 32.0. The highest BCUT2D eigenvalue weighted by atomic mass is 31.2. The van der Waals surface area contributed by atoms with E-state index < -0.39 is 32.5 Å². The maximum atomic E-state index is 12.3. The van der Waals surface area contributed by atoms with Gasteiger partial charge in [-0.05, 0) is 32.1 Å². The number of unbranched alkanes of at least 4 members (excludes halogenated alkanes) is 16. The summed E-state index contributed by atoms with van der Waals surface area (Å²) in [6, 6.07) is 0. The van der Waals surface area contributed by atoms with Gasteiger partial charge in [-0.3, -0.25) is 14.1 Å². The van der Waals surface area contributed by atoms with Crippen molar-refractivity contribution < 1.29 is 37.9 Å². The van der Waals surface area contributed by atoms with Crippen molar-refractivity contribution in [2.24, 2.45) is 0 Å². The van der Waals surface area contributed by atoms with Crippen molar-refractivity contribution in [2.75, 3.05) is 13.2 Å². The van der Waals surface area contributed by atoms with Crippen molar-refractivity contribution in [1.29, 1.82) is 0 Å². The van der Waals surface area contributed by atoms with Crippen LogP contribution in [-0.2, 0) is 28.2 Å². The van der Waals surface area contributed by atoms with Crippen LogP contribution in [0.3, 0.4) is 0 Å². The Kier molecular flexibility index (Phi) is 30.6. The van der Waals surface area contributed by atoms with Crippen LogP contribution in [0, 0.1) is 0 Å². The third-order valence-electron chi connectivity index (χ3n) is 7.21.